The first kappa shape index (κ1) is 13.8. The summed E-state index contributed by atoms with van der Waals surface area (Å²) in [7, 11) is 0. The summed E-state index contributed by atoms with van der Waals surface area (Å²) in [5.74, 6) is -0.287. The molecular formula is C14H13NO2S2. The van der Waals surface area contributed by atoms with Gasteiger partial charge in [-0.05, 0) is 17.7 Å². The normalized spacial score (nSPS) is 10.2. The van der Waals surface area contributed by atoms with E-state index in [0.29, 0.717) is 11.1 Å². The number of benzene rings is 1. The molecule has 0 radical (unpaired) electrons. The number of thioether (sulfide) groups is 1. The van der Waals surface area contributed by atoms with Crippen molar-refractivity contribution in [2.24, 2.45) is 0 Å². The molecule has 0 unspecified atom stereocenters. The Morgan fingerprint density at radius 3 is 2.63 bits per heavy atom. The van der Waals surface area contributed by atoms with Crippen molar-refractivity contribution in [1.29, 1.82) is 0 Å². The molecule has 0 aliphatic rings. The number of rotatable bonds is 5. The Bertz CT molecular complexity index is 578. The number of amides is 1. The first-order valence-electron chi connectivity index (χ1n) is 5.70. The van der Waals surface area contributed by atoms with Gasteiger partial charge in [-0.1, -0.05) is 30.3 Å². The van der Waals surface area contributed by atoms with E-state index in [9.17, 15) is 9.59 Å². The lowest BCUT2D eigenvalue weighted by Crippen LogP contribution is -2.29. The molecule has 0 spiro atoms. The van der Waals surface area contributed by atoms with Crippen molar-refractivity contribution < 1.29 is 9.59 Å². The summed E-state index contributed by atoms with van der Waals surface area (Å²) >= 11 is 3.06. The fourth-order valence-corrected chi connectivity index (χ4v) is 3.15. The Kier molecular flexibility index (Phi) is 4.76. The topological polar surface area (TPSA) is 46.2 Å². The quantitative estimate of drug-likeness (QED) is 0.680. The zero-order chi connectivity index (χ0) is 13.7. The van der Waals surface area contributed by atoms with Crippen molar-refractivity contribution >= 4 is 34.8 Å². The smallest absolute Gasteiger partial charge is 0.253 e. The first-order valence-corrected chi connectivity index (χ1v) is 7.80. The van der Waals surface area contributed by atoms with E-state index in [2.05, 4.69) is 5.32 Å². The highest BCUT2D eigenvalue weighted by molar-refractivity contribution is 8.00. The maximum atomic E-state index is 12.0. The van der Waals surface area contributed by atoms with Crippen molar-refractivity contribution in [3.8, 4) is 0 Å². The lowest BCUT2D eigenvalue weighted by Gasteiger charge is -2.04. The molecule has 1 aromatic carbocycles. The second-order valence-electron chi connectivity index (χ2n) is 3.80. The number of Topliss-reactive ketones (excluding diaryl/α,β-unsaturated/α-hetero) is 1. The summed E-state index contributed by atoms with van der Waals surface area (Å²) in [6, 6.07) is 10.7. The third kappa shape index (κ3) is 3.45. The predicted octanol–water partition coefficient (Wildman–Crippen LogP) is 3.08. The number of thiophene rings is 1. The number of carbonyl (C=O) groups is 2. The number of carbonyl (C=O) groups excluding carboxylic acids is 2. The van der Waals surface area contributed by atoms with Crippen LogP contribution in [0.3, 0.4) is 0 Å². The van der Waals surface area contributed by atoms with Gasteiger partial charge in [0.05, 0.1) is 16.3 Å². The van der Waals surface area contributed by atoms with Gasteiger partial charge in [-0.25, -0.2) is 0 Å². The van der Waals surface area contributed by atoms with Crippen LogP contribution in [0.1, 0.15) is 20.7 Å². The van der Waals surface area contributed by atoms with Gasteiger partial charge in [-0.2, -0.15) is 0 Å². The second kappa shape index (κ2) is 6.54. The summed E-state index contributed by atoms with van der Waals surface area (Å²) < 4.78 is 0.963. The minimum atomic E-state index is -0.199. The van der Waals surface area contributed by atoms with E-state index < -0.39 is 0 Å². The molecule has 0 aliphatic carbocycles. The molecule has 1 N–H and O–H groups in total. The molecule has 0 atom stereocenters. The molecule has 0 saturated heterocycles. The highest BCUT2D eigenvalue weighted by atomic mass is 32.2. The molecule has 1 aromatic heterocycles. The fourth-order valence-electron chi connectivity index (χ4n) is 1.60. The fraction of sp³-hybridized carbons (Fsp3) is 0.143. The van der Waals surface area contributed by atoms with Crippen molar-refractivity contribution in [2.75, 3.05) is 12.8 Å². The van der Waals surface area contributed by atoms with Gasteiger partial charge in [0.2, 0.25) is 0 Å². The van der Waals surface area contributed by atoms with E-state index in [1.807, 2.05) is 17.7 Å². The van der Waals surface area contributed by atoms with Crippen LogP contribution in [0.15, 0.2) is 46.0 Å². The van der Waals surface area contributed by atoms with E-state index in [1.165, 1.54) is 23.1 Å². The lowest BCUT2D eigenvalue weighted by atomic mass is 10.1. The van der Waals surface area contributed by atoms with Gasteiger partial charge in [0.1, 0.15) is 0 Å². The molecule has 1 heterocycles. The molecular weight excluding hydrogens is 278 g/mol. The summed E-state index contributed by atoms with van der Waals surface area (Å²) in [6.07, 6.45) is 1.93. The van der Waals surface area contributed by atoms with Gasteiger partial charge in [0, 0.05) is 5.56 Å². The molecule has 2 aromatic rings. The van der Waals surface area contributed by atoms with E-state index in [-0.39, 0.29) is 18.2 Å². The largest absolute Gasteiger partial charge is 0.345 e. The van der Waals surface area contributed by atoms with Gasteiger partial charge >= 0.3 is 0 Å². The van der Waals surface area contributed by atoms with Crippen LogP contribution in [0.2, 0.25) is 0 Å². The number of hydrogen-bond acceptors (Lipinski definition) is 4. The molecule has 98 valence electrons. The number of ketones is 1. The Morgan fingerprint density at radius 1 is 1.21 bits per heavy atom. The van der Waals surface area contributed by atoms with Crippen LogP contribution in [-0.4, -0.2) is 24.5 Å². The second-order valence-corrected chi connectivity index (χ2v) is 5.79. The molecule has 0 bridgehead atoms. The average Bonchev–Trinajstić information content (AvgIpc) is 2.93. The van der Waals surface area contributed by atoms with Gasteiger partial charge in [-0.3, -0.25) is 9.59 Å². The van der Waals surface area contributed by atoms with Crippen molar-refractivity contribution in [3.63, 3.8) is 0 Å². The van der Waals surface area contributed by atoms with Crippen LogP contribution in [0.5, 0.6) is 0 Å². The van der Waals surface area contributed by atoms with Crippen molar-refractivity contribution in [2.45, 2.75) is 4.21 Å². The monoisotopic (exact) mass is 291 g/mol. The Balaban J connectivity index is 1.96. The highest BCUT2D eigenvalue weighted by Gasteiger charge is 2.13. The van der Waals surface area contributed by atoms with Crippen LogP contribution in [-0.2, 0) is 0 Å². The van der Waals surface area contributed by atoms with Crippen LogP contribution in [0.25, 0.3) is 0 Å². The molecule has 0 saturated carbocycles. The summed E-state index contributed by atoms with van der Waals surface area (Å²) in [5, 5.41) is 4.54. The van der Waals surface area contributed by atoms with E-state index in [0.717, 1.165) is 4.21 Å². The standard InChI is InChI=1S/C14H13NO2S2/c1-18-14-11(7-8-19-14)13(17)15-9-12(16)10-5-3-2-4-6-10/h2-8H,9H2,1H3,(H,15,17). The van der Waals surface area contributed by atoms with Crippen LogP contribution < -0.4 is 5.32 Å². The first-order chi connectivity index (χ1) is 9.22. The van der Waals surface area contributed by atoms with E-state index in [4.69, 9.17) is 0 Å². The number of nitrogens with one attached hydrogen (secondary N) is 1. The highest BCUT2D eigenvalue weighted by Crippen LogP contribution is 2.26. The van der Waals surface area contributed by atoms with Gasteiger partial charge in [0.15, 0.2) is 5.78 Å². The third-order valence-corrected chi connectivity index (χ3v) is 4.65. The molecule has 5 heteroatoms. The van der Waals surface area contributed by atoms with Crippen LogP contribution in [0.4, 0.5) is 0 Å². The van der Waals surface area contributed by atoms with E-state index in [1.54, 1.807) is 30.3 Å². The predicted molar refractivity (Wildman–Crippen MR) is 79.2 cm³/mol. The molecule has 19 heavy (non-hydrogen) atoms. The zero-order valence-corrected chi connectivity index (χ0v) is 12.0. The van der Waals surface area contributed by atoms with Gasteiger partial charge in [0.25, 0.3) is 5.91 Å². The van der Waals surface area contributed by atoms with Gasteiger partial charge in [-0.15, -0.1) is 23.1 Å². The Labute approximate surface area is 120 Å². The molecule has 0 aliphatic heterocycles. The lowest BCUT2D eigenvalue weighted by molar-refractivity contribution is 0.0902. The Hall–Kier alpha value is -1.59. The average molecular weight is 291 g/mol. The third-order valence-electron chi connectivity index (χ3n) is 2.56. The SMILES string of the molecule is CSc1sccc1C(=O)NCC(=O)c1ccccc1. The van der Waals surface area contributed by atoms with Crippen molar-refractivity contribution in [1.82, 2.24) is 5.32 Å². The minimum absolute atomic E-state index is 0.0204. The summed E-state index contributed by atoms with van der Waals surface area (Å²) in [6.45, 7) is 0.0204. The van der Waals surface area contributed by atoms with Crippen LogP contribution in [0, 0.1) is 0 Å². The van der Waals surface area contributed by atoms with Crippen LogP contribution >= 0.6 is 23.1 Å². The Morgan fingerprint density at radius 2 is 1.95 bits per heavy atom. The van der Waals surface area contributed by atoms with Crippen molar-refractivity contribution in [3.05, 3.63) is 52.9 Å². The molecule has 2 rings (SSSR count). The molecule has 3 nitrogen and oxygen atoms in total. The maximum Gasteiger partial charge on any atom is 0.253 e. The summed E-state index contributed by atoms with van der Waals surface area (Å²) in [5.41, 5.74) is 1.25. The van der Waals surface area contributed by atoms with Gasteiger partial charge < -0.3 is 5.32 Å². The number of hydrogen-bond donors (Lipinski definition) is 1. The molecule has 0 fully saturated rings. The van der Waals surface area contributed by atoms with E-state index >= 15 is 0 Å². The molecule has 1 amide bonds. The minimum Gasteiger partial charge on any atom is -0.345 e. The zero-order valence-electron chi connectivity index (χ0n) is 10.4. The maximum absolute atomic E-state index is 12.0. The summed E-state index contributed by atoms with van der Waals surface area (Å²) in [4.78, 5) is 23.8.